The van der Waals surface area contributed by atoms with Gasteiger partial charge in [0.25, 0.3) is 5.56 Å². The molecule has 3 rings (SSSR count). The van der Waals surface area contributed by atoms with Crippen molar-refractivity contribution in [1.29, 1.82) is 0 Å². The number of H-pyrrole nitrogens is 1. The van der Waals surface area contributed by atoms with Gasteiger partial charge in [-0.3, -0.25) is 13.8 Å². The number of nitrogens with one attached hydrogen (secondary N) is 1. The Hall–Kier alpha value is -2.15. The van der Waals surface area contributed by atoms with Crippen molar-refractivity contribution in [2.45, 2.75) is 19.9 Å². The molecule has 0 aliphatic carbocycles. The number of methoxy groups -OCH3 is 1. The molecule has 0 fully saturated rings. The van der Waals surface area contributed by atoms with Crippen LogP contribution >= 0.6 is 12.2 Å². The zero-order chi connectivity index (χ0) is 14.3. The van der Waals surface area contributed by atoms with Gasteiger partial charge in [0, 0.05) is 6.54 Å². The second kappa shape index (κ2) is 4.75. The highest BCUT2D eigenvalue weighted by molar-refractivity contribution is 7.71. The lowest BCUT2D eigenvalue weighted by Crippen LogP contribution is -2.23. The molecule has 1 N–H and O–H groups in total. The number of benzene rings is 1. The minimum atomic E-state index is -0.0812. The number of aryl methyl sites for hydroxylation is 1. The van der Waals surface area contributed by atoms with Gasteiger partial charge >= 0.3 is 0 Å². The first-order chi connectivity index (χ1) is 9.67. The van der Waals surface area contributed by atoms with E-state index in [9.17, 15) is 4.79 Å². The van der Waals surface area contributed by atoms with Gasteiger partial charge in [-0.2, -0.15) is 0 Å². The molecule has 1 aromatic carbocycles. The first-order valence-electron chi connectivity index (χ1n) is 6.35. The van der Waals surface area contributed by atoms with Crippen LogP contribution in [0, 0.1) is 4.77 Å². The van der Waals surface area contributed by atoms with Crippen molar-refractivity contribution in [3.8, 4) is 5.75 Å². The summed E-state index contributed by atoms with van der Waals surface area (Å²) in [7, 11) is 1.58. The van der Waals surface area contributed by atoms with Crippen molar-refractivity contribution >= 4 is 28.9 Å². The monoisotopic (exact) mass is 290 g/mol. The van der Waals surface area contributed by atoms with Gasteiger partial charge in [-0.25, -0.2) is 5.10 Å². The normalized spacial score (nSPS) is 11.3. The maximum Gasteiger partial charge on any atom is 0.262 e. The van der Waals surface area contributed by atoms with Crippen molar-refractivity contribution in [1.82, 2.24) is 19.2 Å². The van der Waals surface area contributed by atoms with Crippen LogP contribution in [0.2, 0.25) is 0 Å². The quantitative estimate of drug-likeness (QED) is 0.750. The zero-order valence-corrected chi connectivity index (χ0v) is 12.0. The van der Waals surface area contributed by atoms with Crippen LogP contribution in [0.1, 0.15) is 13.3 Å². The highest BCUT2D eigenvalue weighted by Crippen LogP contribution is 2.19. The number of hydrogen-bond donors (Lipinski definition) is 1. The Labute approximate surface area is 119 Å². The molecule has 0 aliphatic heterocycles. The fourth-order valence-corrected chi connectivity index (χ4v) is 2.58. The average molecular weight is 290 g/mol. The SMILES string of the molecule is CCCn1c(=O)c2cc(OC)ccc2n2c(=S)[nH]nc12. The van der Waals surface area contributed by atoms with Crippen LogP contribution < -0.4 is 10.3 Å². The van der Waals surface area contributed by atoms with Gasteiger partial charge in [0.05, 0.1) is 18.0 Å². The number of aromatic amines is 1. The van der Waals surface area contributed by atoms with Gasteiger partial charge in [0.1, 0.15) is 5.75 Å². The van der Waals surface area contributed by atoms with Gasteiger partial charge in [-0.1, -0.05) is 6.92 Å². The molecular formula is C13H14N4O2S. The number of ether oxygens (including phenoxy) is 1. The number of nitrogens with zero attached hydrogens (tertiary/aromatic N) is 3. The lowest BCUT2D eigenvalue weighted by atomic mass is 10.2. The predicted molar refractivity (Wildman–Crippen MR) is 79.0 cm³/mol. The molecule has 104 valence electrons. The standard InChI is InChI=1S/C13H14N4O2S/c1-3-6-16-11(18)9-7-8(19-2)4-5-10(9)17-12(16)14-15-13(17)20/h4-5,7H,3,6H2,1-2H3,(H,15,20). The highest BCUT2D eigenvalue weighted by Gasteiger charge is 2.13. The number of rotatable bonds is 3. The number of hydrogen-bond acceptors (Lipinski definition) is 4. The van der Waals surface area contributed by atoms with E-state index >= 15 is 0 Å². The largest absolute Gasteiger partial charge is 0.497 e. The smallest absolute Gasteiger partial charge is 0.262 e. The first kappa shape index (κ1) is 12.9. The molecule has 20 heavy (non-hydrogen) atoms. The minimum Gasteiger partial charge on any atom is -0.497 e. The molecule has 0 saturated heterocycles. The molecule has 0 radical (unpaired) electrons. The zero-order valence-electron chi connectivity index (χ0n) is 11.2. The predicted octanol–water partition coefficient (Wildman–Crippen LogP) is 2.13. The maximum atomic E-state index is 12.6. The second-order valence-electron chi connectivity index (χ2n) is 4.50. The summed E-state index contributed by atoms with van der Waals surface area (Å²) in [6, 6.07) is 5.36. The van der Waals surface area contributed by atoms with Gasteiger partial charge in [-0.05, 0) is 36.8 Å². The molecule has 0 atom stereocenters. The summed E-state index contributed by atoms with van der Waals surface area (Å²) in [5.74, 6) is 1.19. The molecule has 0 unspecified atom stereocenters. The van der Waals surface area contributed by atoms with Gasteiger partial charge in [0.15, 0.2) is 0 Å². The Morgan fingerprint density at radius 3 is 2.95 bits per heavy atom. The third kappa shape index (κ3) is 1.74. The molecule has 0 amide bonds. The van der Waals surface area contributed by atoms with Gasteiger partial charge < -0.3 is 4.74 Å². The Balaban J connectivity index is 2.56. The summed E-state index contributed by atoms with van der Waals surface area (Å²) >= 11 is 5.26. The van der Waals surface area contributed by atoms with Crippen molar-refractivity contribution in [3.05, 3.63) is 33.3 Å². The summed E-state index contributed by atoms with van der Waals surface area (Å²) in [4.78, 5) is 12.6. The summed E-state index contributed by atoms with van der Waals surface area (Å²) < 4.78 is 9.08. The van der Waals surface area contributed by atoms with Crippen LogP contribution in [0.25, 0.3) is 16.7 Å². The third-order valence-electron chi connectivity index (χ3n) is 3.26. The average Bonchev–Trinajstić information content (AvgIpc) is 2.85. The van der Waals surface area contributed by atoms with Crippen molar-refractivity contribution < 1.29 is 4.74 Å². The molecule has 0 bridgehead atoms. The Morgan fingerprint density at radius 2 is 2.25 bits per heavy atom. The number of aromatic nitrogens is 4. The van der Waals surface area contributed by atoms with Crippen LogP contribution in [0.3, 0.4) is 0 Å². The number of fused-ring (bicyclic) bond motifs is 3. The van der Waals surface area contributed by atoms with Crippen LogP contribution in [-0.2, 0) is 6.54 Å². The van der Waals surface area contributed by atoms with E-state index in [0.29, 0.717) is 28.2 Å². The van der Waals surface area contributed by atoms with Crippen molar-refractivity contribution in [2.24, 2.45) is 0 Å². The van der Waals surface area contributed by atoms with E-state index in [4.69, 9.17) is 17.0 Å². The summed E-state index contributed by atoms with van der Waals surface area (Å²) in [5, 5.41) is 7.49. The summed E-state index contributed by atoms with van der Waals surface area (Å²) in [6.07, 6.45) is 0.838. The van der Waals surface area contributed by atoms with E-state index in [2.05, 4.69) is 10.2 Å². The maximum absolute atomic E-state index is 12.6. The fourth-order valence-electron chi connectivity index (χ4n) is 2.36. The molecule has 0 aliphatic rings. The Bertz CT molecular complexity index is 906. The molecule has 7 heteroatoms. The van der Waals surface area contributed by atoms with E-state index < -0.39 is 0 Å². The van der Waals surface area contributed by atoms with Crippen LogP contribution in [0.4, 0.5) is 0 Å². The van der Waals surface area contributed by atoms with Crippen LogP contribution in [0.15, 0.2) is 23.0 Å². The van der Waals surface area contributed by atoms with E-state index in [1.165, 1.54) is 0 Å². The molecule has 2 aromatic heterocycles. The van der Waals surface area contributed by atoms with E-state index in [1.807, 2.05) is 13.0 Å². The van der Waals surface area contributed by atoms with Gasteiger partial charge in [-0.15, -0.1) is 5.10 Å². The first-order valence-corrected chi connectivity index (χ1v) is 6.76. The van der Waals surface area contributed by atoms with Crippen LogP contribution in [-0.4, -0.2) is 26.3 Å². The van der Waals surface area contributed by atoms with Crippen molar-refractivity contribution in [2.75, 3.05) is 7.11 Å². The topological polar surface area (TPSA) is 64.3 Å². The van der Waals surface area contributed by atoms with Crippen molar-refractivity contribution in [3.63, 3.8) is 0 Å². The van der Waals surface area contributed by atoms with Gasteiger partial charge in [0.2, 0.25) is 10.5 Å². The highest BCUT2D eigenvalue weighted by atomic mass is 32.1. The summed E-state index contributed by atoms with van der Waals surface area (Å²) in [6.45, 7) is 2.61. The molecule has 2 heterocycles. The molecule has 6 nitrogen and oxygen atoms in total. The minimum absolute atomic E-state index is 0.0812. The summed E-state index contributed by atoms with van der Waals surface area (Å²) in [5.41, 5.74) is 0.652. The molecule has 0 spiro atoms. The Kier molecular flexibility index (Phi) is 3.06. The molecule has 3 aromatic rings. The second-order valence-corrected chi connectivity index (χ2v) is 4.89. The third-order valence-corrected chi connectivity index (χ3v) is 3.54. The van der Waals surface area contributed by atoms with E-state index in [-0.39, 0.29) is 5.56 Å². The van der Waals surface area contributed by atoms with E-state index in [0.717, 1.165) is 11.9 Å². The van der Waals surface area contributed by atoms with Crippen LogP contribution in [0.5, 0.6) is 5.75 Å². The fraction of sp³-hybridized carbons (Fsp3) is 0.308. The molecule has 0 saturated carbocycles. The Morgan fingerprint density at radius 1 is 1.45 bits per heavy atom. The molecular weight excluding hydrogens is 276 g/mol. The lowest BCUT2D eigenvalue weighted by Gasteiger charge is -2.09. The van der Waals surface area contributed by atoms with E-state index in [1.54, 1.807) is 28.2 Å². The lowest BCUT2D eigenvalue weighted by molar-refractivity contribution is 0.415.